The van der Waals surface area contributed by atoms with Crippen molar-refractivity contribution in [2.75, 3.05) is 13.6 Å². The predicted octanol–water partition coefficient (Wildman–Crippen LogP) is 3.00. The van der Waals surface area contributed by atoms with Crippen molar-refractivity contribution in [1.29, 1.82) is 0 Å². The van der Waals surface area contributed by atoms with Gasteiger partial charge < -0.3 is 39.5 Å². The topological polar surface area (TPSA) is 180 Å². The standard InChI is InChI=1S/C29H29NO9.C2HF3O2/c1-30-14-13-28-23-17-7-8-18(31)25(23)39-26(28)19(11-12-29(28,36)20(30)15-17)37-21(32)9-10-22(33)38-24(27(34)35)16-5-3-2-4-6-16;3-2(4,5)1(6)7/h2-8,11,20,24,26,31,36H,9-10,12-15H2,1H3,(H,34,35);(H,6,7)/t20-,24?,26+,28+,29-;/m1./s1. The highest BCUT2D eigenvalue weighted by Gasteiger charge is 2.72. The third-order valence-corrected chi connectivity index (χ3v) is 8.94. The van der Waals surface area contributed by atoms with Crippen LogP contribution in [-0.2, 0) is 40.5 Å². The summed E-state index contributed by atoms with van der Waals surface area (Å²) in [6, 6.07) is 11.4. The Hall–Kier alpha value is -4.63. The number of likely N-dealkylation sites (N-methyl/N-ethyl adjacent to an activating group) is 1. The molecule has 0 amide bonds. The summed E-state index contributed by atoms with van der Waals surface area (Å²) in [6.07, 6.45) is -5.05. The number of hydrogen-bond donors (Lipinski definition) is 4. The van der Waals surface area contributed by atoms with Crippen LogP contribution in [0.5, 0.6) is 11.5 Å². The summed E-state index contributed by atoms with van der Waals surface area (Å²) in [5.74, 6) is -5.12. The Labute approximate surface area is 259 Å². The number of aliphatic carboxylic acids is 2. The Morgan fingerprint density at radius 2 is 1.72 bits per heavy atom. The lowest BCUT2D eigenvalue weighted by molar-refractivity contribution is -0.192. The lowest BCUT2D eigenvalue weighted by Gasteiger charge is -2.61. The zero-order chi connectivity index (χ0) is 33.6. The van der Waals surface area contributed by atoms with E-state index in [1.54, 1.807) is 30.3 Å². The fourth-order valence-corrected chi connectivity index (χ4v) is 6.90. The van der Waals surface area contributed by atoms with Gasteiger partial charge in [-0.15, -0.1) is 0 Å². The van der Waals surface area contributed by atoms with Crippen LogP contribution < -0.4 is 4.74 Å². The third kappa shape index (κ3) is 5.53. The first-order valence-corrected chi connectivity index (χ1v) is 14.2. The van der Waals surface area contributed by atoms with Gasteiger partial charge in [-0.3, -0.25) is 9.59 Å². The molecule has 0 radical (unpaired) electrons. The van der Waals surface area contributed by atoms with Gasteiger partial charge in [0.2, 0.25) is 6.10 Å². The summed E-state index contributed by atoms with van der Waals surface area (Å²) in [4.78, 5) is 47.9. The number of rotatable bonds is 7. The Morgan fingerprint density at radius 3 is 2.35 bits per heavy atom. The lowest BCUT2D eigenvalue weighted by atomic mass is 9.50. The Kier molecular flexibility index (Phi) is 8.51. The van der Waals surface area contributed by atoms with Crippen LogP contribution in [0.1, 0.15) is 48.5 Å². The average molecular weight is 650 g/mol. The van der Waals surface area contributed by atoms with E-state index >= 15 is 0 Å². The van der Waals surface area contributed by atoms with Crippen LogP contribution in [0.4, 0.5) is 13.2 Å². The average Bonchev–Trinajstić information content (AvgIpc) is 3.36. The summed E-state index contributed by atoms with van der Waals surface area (Å²) in [5.41, 5.74) is 0.0159. The van der Waals surface area contributed by atoms with Gasteiger partial charge in [-0.2, -0.15) is 13.2 Å². The van der Waals surface area contributed by atoms with Gasteiger partial charge in [0.15, 0.2) is 17.6 Å². The fraction of sp³-hybridized carbons (Fsp3) is 0.419. The van der Waals surface area contributed by atoms with E-state index in [0.717, 1.165) is 11.1 Å². The minimum atomic E-state index is -5.08. The molecule has 1 saturated heterocycles. The highest BCUT2D eigenvalue weighted by Crippen LogP contribution is 2.65. The van der Waals surface area contributed by atoms with E-state index in [1.807, 2.05) is 13.1 Å². The number of benzene rings is 2. The maximum atomic E-state index is 12.8. The fourth-order valence-electron chi connectivity index (χ4n) is 6.90. The van der Waals surface area contributed by atoms with Crippen LogP contribution in [-0.4, -0.2) is 86.7 Å². The van der Waals surface area contributed by atoms with Gasteiger partial charge in [-0.1, -0.05) is 36.4 Å². The second-order valence-electron chi connectivity index (χ2n) is 11.5. The molecule has 2 aromatic rings. The number of piperidine rings is 1. The van der Waals surface area contributed by atoms with E-state index in [-0.39, 0.29) is 36.8 Å². The van der Waals surface area contributed by atoms with Crippen LogP contribution >= 0.6 is 0 Å². The smallest absolute Gasteiger partial charge is 0.490 e. The minimum absolute atomic E-state index is 0.0305. The molecule has 2 aromatic carbocycles. The zero-order valence-corrected chi connectivity index (χ0v) is 24.3. The van der Waals surface area contributed by atoms with Crippen LogP contribution in [0, 0.1) is 0 Å². The van der Waals surface area contributed by atoms with Gasteiger partial charge in [0.1, 0.15) is 5.76 Å². The molecule has 2 aliphatic heterocycles. The maximum Gasteiger partial charge on any atom is 0.490 e. The molecule has 1 spiro atoms. The van der Waals surface area contributed by atoms with Crippen LogP contribution in [0.15, 0.2) is 54.3 Å². The number of hydrogen-bond acceptors (Lipinski definition) is 10. The highest BCUT2D eigenvalue weighted by molar-refractivity contribution is 5.82. The molecule has 4 aliphatic rings. The monoisotopic (exact) mass is 649 g/mol. The summed E-state index contributed by atoms with van der Waals surface area (Å²) < 4.78 is 48.8. The second-order valence-corrected chi connectivity index (χ2v) is 11.5. The van der Waals surface area contributed by atoms with E-state index in [2.05, 4.69) is 4.90 Å². The molecular formula is C31H30F3NO11. The van der Waals surface area contributed by atoms with Crippen molar-refractivity contribution >= 4 is 23.9 Å². The van der Waals surface area contributed by atoms with Crippen molar-refractivity contribution < 1.29 is 67.0 Å². The molecule has 2 heterocycles. The quantitative estimate of drug-likeness (QED) is 0.323. The number of esters is 2. The van der Waals surface area contributed by atoms with Crippen LogP contribution in [0.2, 0.25) is 0 Å². The number of carbonyl (C=O) groups is 4. The van der Waals surface area contributed by atoms with Crippen molar-refractivity contribution in [2.45, 2.75) is 67.5 Å². The van der Waals surface area contributed by atoms with Crippen molar-refractivity contribution in [3.63, 3.8) is 0 Å². The maximum absolute atomic E-state index is 12.8. The Balaban J connectivity index is 0.000000537. The van der Waals surface area contributed by atoms with Gasteiger partial charge in [-0.25, -0.2) is 9.59 Å². The van der Waals surface area contributed by atoms with Gasteiger partial charge >= 0.3 is 30.1 Å². The molecule has 6 rings (SSSR count). The minimum Gasteiger partial charge on any atom is -0.504 e. The van der Waals surface area contributed by atoms with Crippen molar-refractivity contribution in [2.24, 2.45) is 0 Å². The number of aliphatic hydroxyl groups is 1. The summed E-state index contributed by atoms with van der Waals surface area (Å²) in [6.45, 7) is 0.695. The van der Waals surface area contributed by atoms with Gasteiger partial charge in [0.25, 0.3) is 0 Å². The molecule has 0 aromatic heterocycles. The van der Waals surface area contributed by atoms with Gasteiger partial charge in [-0.05, 0) is 44.1 Å². The Morgan fingerprint density at radius 1 is 1.07 bits per heavy atom. The largest absolute Gasteiger partial charge is 0.504 e. The number of carboxylic acids is 2. The number of aromatic hydroxyl groups is 1. The van der Waals surface area contributed by atoms with Crippen LogP contribution in [0.3, 0.4) is 0 Å². The molecule has 246 valence electrons. The first-order valence-electron chi connectivity index (χ1n) is 14.2. The molecule has 12 nitrogen and oxygen atoms in total. The summed E-state index contributed by atoms with van der Waals surface area (Å²) in [7, 11) is 1.98. The van der Waals surface area contributed by atoms with Gasteiger partial charge in [0.05, 0.1) is 23.9 Å². The number of nitrogens with zero attached hydrogens (tertiary/aromatic N) is 1. The lowest BCUT2D eigenvalue weighted by Crippen LogP contribution is -2.74. The first kappa shape index (κ1) is 32.8. The molecule has 2 bridgehead atoms. The van der Waals surface area contributed by atoms with E-state index < -0.39 is 53.3 Å². The summed E-state index contributed by atoms with van der Waals surface area (Å²) >= 11 is 0. The molecule has 1 fully saturated rings. The molecular weight excluding hydrogens is 619 g/mol. The van der Waals surface area contributed by atoms with Crippen LogP contribution in [0.25, 0.3) is 0 Å². The zero-order valence-electron chi connectivity index (χ0n) is 24.3. The third-order valence-electron chi connectivity index (χ3n) is 8.94. The second kappa shape index (κ2) is 11.9. The van der Waals surface area contributed by atoms with Crippen molar-refractivity contribution in [3.8, 4) is 11.5 Å². The van der Waals surface area contributed by atoms with Crippen molar-refractivity contribution in [1.82, 2.24) is 4.90 Å². The van der Waals surface area contributed by atoms with E-state index in [9.17, 15) is 42.9 Å². The number of ether oxygens (including phenoxy) is 3. The number of carboxylic acid groups (broad SMARTS) is 2. The highest BCUT2D eigenvalue weighted by atomic mass is 19.4. The number of halogens is 3. The molecule has 2 aliphatic carbocycles. The van der Waals surface area contributed by atoms with Gasteiger partial charge in [0, 0.05) is 23.6 Å². The van der Waals surface area contributed by atoms with E-state index in [4.69, 9.17) is 24.1 Å². The van der Waals surface area contributed by atoms with Crippen molar-refractivity contribution in [3.05, 3.63) is 71.0 Å². The SMILES string of the molecule is CN1CC[C@]23c4c5ccc(O)c4O[C@H]2C(OC(=O)CCC(=O)OC(C(=O)O)c2ccccc2)=CC[C@@]3(O)[C@H]1C5.O=C(O)C(F)(F)F. The predicted molar refractivity (Wildman–Crippen MR) is 149 cm³/mol. The molecule has 46 heavy (non-hydrogen) atoms. The number of phenolic OH excluding ortho intramolecular Hbond substituents is 1. The first-order chi connectivity index (χ1) is 21.6. The molecule has 1 unspecified atom stereocenters. The number of alkyl halides is 3. The van der Waals surface area contributed by atoms with E-state index in [1.165, 1.54) is 12.1 Å². The molecule has 5 atom stereocenters. The van der Waals surface area contributed by atoms with E-state index in [0.29, 0.717) is 30.7 Å². The number of likely N-dealkylation sites (tertiary alicyclic amines) is 1. The summed E-state index contributed by atoms with van der Waals surface area (Å²) in [5, 5.41) is 39.3. The molecule has 4 N–H and O–H groups in total. The Bertz CT molecular complexity index is 1590. The normalized spacial score (nSPS) is 26.2. The number of phenols is 1. The number of carbonyl (C=O) groups excluding carboxylic acids is 2. The molecule has 0 saturated carbocycles. The molecule has 15 heteroatoms.